The SMILES string of the molecule is Cc1noc(C)c1-c1nc(N)c(I)c(CC(C)C)n1. The molecule has 102 valence electrons. The first-order valence-electron chi connectivity index (χ1n) is 6.15. The lowest BCUT2D eigenvalue weighted by molar-refractivity contribution is 0.393. The number of anilines is 1. The van der Waals surface area contributed by atoms with Gasteiger partial charge in [0.1, 0.15) is 11.6 Å². The highest BCUT2D eigenvalue weighted by molar-refractivity contribution is 14.1. The molecule has 6 heteroatoms. The third-order valence-electron chi connectivity index (χ3n) is 2.80. The number of halogens is 1. The Morgan fingerprint density at radius 3 is 2.47 bits per heavy atom. The van der Waals surface area contributed by atoms with Crippen molar-refractivity contribution >= 4 is 28.4 Å². The maximum absolute atomic E-state index is 5.99. The van der Waals surface area contributed by atoms with E-state index in [1.54, 1.807) is 0 Å². The molecule has 0 fully saturated rings. The summed E-state index contributed by atoms with van der Waals surface area (Å²) >= 11 is 2.20. The van der Waals surface area contributed by atoms with Crippen LogP contribution in [0.4, 0.5) is 5.82 Å². The molecule has 2 aromatic heterocycles. The lowest BCUT2D eigenvalue weighted by Gasteiger charge is -2.10. The molecule has 0 spiro atoms. The lowest BCUT2D eigenvalue weighted by atomic mass is 10.1. The fourth-order valence-corrected chi connectivity index (χ4v) is 2.41. The van der Waals surface area contributed by atoms with Crippen LogP contribution in [0.5, 0.6) is 0 Å². The molecule has 5 nitrogen and oxygen atoms in total. The molecule has 0 radical (unpaired) electrons. The summed E-state index contributed by atoms with van der Waals surface area (Å²) in [5.41, 5.74) is 8.60. The maximum Gasteiger partial charge on any atom is 0.167 e. The van der Waals surface area contributed by atoms with Crippen molar-refractivity contribution in [2.24, 2.45) is 5.92 Å². The zero-order valence-electron chi connectivity index (χ0n) is 11.5. The Balaban J connectivity index is 2.57. The van der Waals surface area contributed by atoms with Gasteiger partial charge in [-0.15, -0.1) is 0 Å². The summed E-state index contributed by atoms with van der Waals surface area (Å²) in [5, 5.41) is 3.94. The van der Waals surface area contributed by atoms with Gasteiger partial charge in [0.2, 0.25) is 0 Å². The molecule has 0 aliphatic heterocycles. The molecule has 0 amide bonds. The van der Waals surface area contributed by atoms with E-state index in [-0.39, 0.29) is 0 Å². The third kappa shape index (κ3) is 2.88. The predicted molar refractivity (Wildman–Crippen MR) is 82.7 cm³/mol. The van der Waals surface area contributed by atoms with Crippen LogP contribution in [0.15, 0.2) is 4.52 Å². The largest absolute Gasteiger partial charge is 0.383 e. The van der Waals surface area contributed by atoms with E-state index >= 15 is 0 Å². The van der Waals surface area contributed by atoms with Crippen molar-refractivity contribution in [2.45, 2.75) is 34.1 Å². The van der Waals surface area contributed by atoms with E-state index in [2.05, 4.69) is 51.6 Å². The molecule has 0 bridgehead atoms. The highest BCUT2D eigenvalue weighted by atomic mass is 127. The van der Waals surface area contributed by atoms with E-state index < -0.39 is 0 Å². The van der Waals surface area contributed by atoms with E-state index in [0.29, 0.717) is 23.3 Å². The van der Waals surface area contributed by atoms with Crippen molar-refractivity contribution in [3.05, 3.63) is 20.7 Å². The Morgan fingerprint density at radius 2 is 1.95 bits per heavy atom. The van der Waals surface area contributed by atoms with Gasteiger partial charge in [-0.25, -0.2) is 9.97 Å². The van der Waals surface area contributed by atoms with Crippen LogP contribution >= 0.6 is 22.6 Å². The zero-order valence-corrected chi connectivity index (χ0v) is 13.6. The molecule has 0 unspecified atom stereocenters. The second kappa shape index (κ2) is 5.44. The van der Waals surface area contributed by atoms with Crippen molar-refractivity contribution in [1.29, 1.82) is 0 Å². The van der Waals surface area contributed by atoms with Gasteiger partial charge < -0.3 is 10.3 Å². The number of aryl methyl sites for hydroxylation is 2. The average Bonchev–Trinajstić information content (AvgIpc) is 2.64. The summed E-state index contributed by atoms with van der Waals surface area (Å²) in [7, 11) is 0. The molecule has 19 heavy (non-hydrogen) atoms. The second-order valence-corrected chi connectivity index (χ2v) is 6.07. The van der Waals surface area contributed by atoms with Gasteiger partial charge in [0.05, 0.1) is 20.5 Å². The third-order valence-corrected chi connectivity index (χ3v) is 3.98. The summed E-state index contributed by atoms with van der Waals surface area (Å²) < 4.78 is 6.10. The first kappa shape index (κ1) is 14.2. The number of aromatic nitrogens is 3. The Bertz CT molecular complexity index is 587. The number of hydrogen-bond donors (Lipinski definition) is 1. The van der Waals surface area contributed by atoms with Gasteiger partial charge in [0.15, 0.2) is 5.82 Å². The average molecular weight is 372 g/mol. The zero-order chi connectivity index (χ0) is 14.2. The molecule has 2 aromatic rings. The molecule has 0 aromatic carbocycles. The minimum Gasteiger partial charge on any atom is -0.383 e. The Labute approximate surface area is 126 Å². The molecule has 0 aliphatic rings. The summed E-state index contributed by atoms with van der Waals surface area (Å²) in [6.45, 7) is 8.05. The van der Waals surface area contributed by atoms with Crippen LogP contribution in [0.2, 0.25) is 0 Å². The molecule has 2 heterocycles. The van der Waals surface area contributed by atoms with Gasteiger partial charge >= 0.3 is 0 Å². The number of nitrogens with two attached hydrogens (primary N) is 1. The van der Waals surface area contributed by atoms with Crippen LogP contribution in [-0.2, 0) is 6.42 Å². The van der Waals surface area contributed by atoms with E-state index in [9.17, 15) is 0 Å². The van der Waals surface area contributed by atoms with Crippen molar-refractivity contribution < 1.29 is 4.52 Å². The van der Waals surface area contributed by atoms with Crippen molar-refractivity contribution in [3.8, 4) is 11.4 Å². The molecular weight excluding hydrogens is 355 g/mol. The van der Waals surface area contributed by atoms with Gasteiger partial charge in [-0.05, 0) is 48.8 Å². The molecule has 2 rings (SSSR count). The van der Waals surface area contributed by atoms with Crippen molar-refractivity contribution in [3.63, 3.8) is 0 Å². The van der Waals surface area contributed by atoms with E-state index in [1.807, 2.05) is 13.8 Å². The molecule has 0 aliphatic carbocycles. The fourth-order valence-electron chi connectivity index (χ4n) is 1.95. The molecular formula is C13H17IN4O. The van der Waals surface area contributed by atoms with Gasteiger partial charge in [0.25, 0.3) is 0 Å². The first-order chi connectivity index (χ1) is 8.90. The number of nitrogen functional groups attached to an aromatic ring is 1. The lowest BCUT2D eigenvalue weighted by Crippen LogP contribution is -2.08. The number of hydrogen-bond acceptors (Lipinski definition) is 5. The number of nitrogens with zero attached hydrogens (tertiary/aromatic N) is 3. The van der Waals surface area contributed by atoms with Gasteiger partial charge in [-0.2, -0.15) is 0 Å². The highest BCUT2D eigenvalue weighted by Gasteiger charge is 2.18. The smallest absolute Gasteiger partial charge is 0.167 e. The van der Waals surface area contributed by atoms with Gasteiger partial charge in [-0.1, -0.05) is 19.0 Å². The molecule has 2 N–H and O–H groups in total. The first-order valence-corrected chi connectivity index (χ1v) is 7.23. The molecule has 0 saturated carbocycles. The summed E-state index contributed by atoms with van der Waals surface area (Å²) in [4.78, 5) is 9.00. The topological polar surface area (TPSA) is 77.8 Å². The Hall–Kier alpha value is -1.18. The Morgan fingerprint density at radius 1 is 1.26 bits per heavy atom. The molecule has 0 saturated heterocycles. The van der Waals surface area contributed by atoms with Crippen molar-refractivity contribution in [2.75, 3.05) is 5.73 Å². The monoisotopic (exact) mass is 372 g/mol. The standard InChI is InChI=1S/C13H17IN4O/c1-6(2)5-9-11(14)12(15)17-13(16-9)10-7(3)18-19-8(10)4/h6H,5H2,1-4H3,(H2,15,16,17). The summed E-state index contributed by atoms with van der Waals surface area (Å²) in [6, 6.07) is 0. The van der Waals surface area contributed by atoms with Crippen LogP contribution in [0.1, 0.15) is 31.0 Å². The summed E-state index contributed by atoms with van der Waals surface area (Å²) in [5.74, 6) is 2.35. The highest BCUT2D eigenvalue weighted by Crippen LogP contribution is 2.27. The van der Waals surface area contributed by atoms with Crippen LogP contribution in [0.3, 0.4) is 0 Å². The quantitative estimate of drug-likeness (QED) is 0.838. The van der Waals surface area contributed by atoms with Crippen LogP contribution in [0, 0.1) is 23.3 Å². The predicted octanol–water partition coefficient (Wildman–Crippen LogP) is 3.13. The van der Waals surface area contributed by atoms with Crippen LogP contribution in [0.25, 0.3) is 11.4 Å². The number of rotatable bonds is 3. The second-order valence-electron chi connectivity index (χ2n) is 4.99. The molecule has 0 atom stereocenters. The maximum atomic E-state index is 5.99. The van der Waals surface area contributed by atoms with Crippen LogP contribution < -0.4 is 5.73 Å². The Kier molecular flexibility index (Phi) is 4.07. The fraction of sp³-hybridized carbons (Fsp3) is 0.462. The summed E-state index contributed by atoms with van der Waals surface area (Å²) in [6.07, 6.45) is 0.876. The van der Waals surface area contributed by atoms with Crippen LogP contribution in [-0.4, -0.2) is 15.1 Å². The van der Waals surface area contributed by atoms with E-state index in [0.717, 1.165) is 26.9 Å². The van der Waals surface area contributed by atoms with Gasteiger partial charge in [0, 0.05) is 0 Å². The minimum absolute atomic E-state index is 0.514. The van der Waals surface area contributed by atoms with E-state index in [1.165, 1.54) is 0 Å². The normalized spacial score (nSPS) is 11.3. The van der Waals surface area contributed by atoms with E-state index in [4.69, 9.17) is 10.3 Å². The van der Waals surface area contributed by atoms with Crippen molar-refractivity contribution in [1.82, 2.24) is 15.1 Å². The van der Waals surface area contributed by atoms with Gasteiger partial charge in [-0.3, -0.25) is 0 Å². The minimum atomic E-state index is 0.514.